The van der Waals surface area contributed by atoms with E-state index in [0.717, 1.165) is 4.68 Å². The second-order valence-corrected chi connectivity index (χ2v) is 3.59. The number of hydrogen-bond donors (Lipinski definition) is 2. The van der Waals surface area contributed by atoms with E-state index in [9.17, 15) is 9.59 Å². The predicted octanol–water partition coefficient (Wildman–Crippen LogP) is -0.521. The molecule has 0 saturated heterocycles. The molecule has 7 heteroatoms. The van der Waals surface area contributed by atoms with Gasteiger partial charge in [-0.3, -0.25) is 14.9 Å². The summed E-state index contributed by atoms with van der Waals surface area (Å²) in [6.45, 7) is 3.04. The topological polar surface area (TPSA) is 103 Å². The van der Waals surface area contributed by atoms with Gasteiger partial charge in [0.1, 0.15) is 5.41 Å². The normalized spacial score (nSPS) is 19.0. The van der Waals surface area contributed by atoms with Crippen molar-refractivity contribution in [1.82, 2.24) is 14.8 Å². The van der Waals surface area contributed by atoms with E-state index in [2.05, 4.69) is 15.4 Å². The highest BCUT2D eigenvalue weighted by Gasteiger charge is 2.43. The molecular weight excluding hydrogens is 186 g/mol. The SMILES string of the molecule is CC1(C)C(=O)Nc2nc(N)nn2C1=O. The lowest BCUT2D eigenvalue weighted by Crippen LogP contribution is -2.46. The van der Waals surface area contributed by atoms with E-state index in [1.165, 1.54) is 13.8 Å². The quantitative estimate of drug-likeness (QED) is 0.542. The van der Waals surface area contributed by atoms with Crippen molar-refractivity contribution in [3.8, 4) is 0 Å². The first-order chi connectivity index (χ1) is 6.43. The number of nitrogens with zero attached hydrogens (tertiary/aromatic N) is 3. The van der Waals surface area contributed by atoms with Gasteiger partial charge in [0, 0.05) is 0 Å². The highest BCUT2D eigenvalue weighted by molar-refractivity contribution is 6.13. The largest absolute Gasteiger partial charge is 0.366 e. The molecule has 1 aliphatic rings. The van der Waals surface area contributed by atoms with E-state index in [1.807, 2.05) is 0 Å². The number of carbonyl (C=O) groups excluding carboxylic acids is 2. The third-order valence-electron chi connectivity index (χ3n) is 2.14. The van der Waals surface area contributed by atoms with Gasteiger partial charge in [-0.25, -0.2) is 0 Å². The van der Waals surface area contributed by atoms with Crippen LogP contribution in [0.5, 0.6) is 0 Å². The average molecular weight is 195 g/mol. The number of amides is 1. The van der Waals surface area contributed by atoms with Crippen LogP contribution in [-0.4, -0.2) is 26.6 Å². The fraction of sp³-hybridized carbons (Fsp3) is 0.429. The number of anilines is 2. The molecule has 0 fully saturated rings. The summed E-state index contributed by atoms with van der Waals surface area (Å²) in [6.07, 6.45) is 0. The third-order valence-corrected chi connectivity index (χ3v) is 2.14. The number of nitrogens with one attached hydrogen (secondary N) is 1. The number of nitrogens with two attached hydrogens (primary N) is 1. The van der Waals surface area contributed by atoms with E-state index in [0.29, 0.717) is 0 Å². The van der Waals surface area contributed by atoms with Crippen LogP contribution in [0.1, 0.15) is 18.6 Å². The lowest BCUT2D eigenvalue weighted by atomic mass is 9.90. The van der Waals surface area contributed by atoms with Crippen molar-refractivity contribution >= 4 is 23.7 Å². The Bertz CT molecular complexity index is 433. The molecule has 0 atom stereocenters. The molecule has 14 heavy (non-hydrogen) atoms. The van der Waals surface area contributed by atoms with Crippen LogP contribution in [0.25, 0.3) is 0 Å². The molecule has 0 aliphatic carbocycles. The molecule has 1 aromatic rings. The Morgan fingerprint density at radius 3 is 2.71 bits per heavy atom. The first kappa shape index (κ1) is 8.67. The van der Waals surface area contributed by atoms with Crippen LogP contribution >= 0.6 is 0 Å². The van der Waals surface area contributed by atoms with E-state index in [4.69, 9.17) is 5.73 Å². The van der Waals surface area contributed by atoms with Crippen molar-refractivity contribution < 1.29 is 9.59 Å². The van der Waals surface area contributed by atoms with Gasteiger partial charge in [0.2, 0.25) is 17.8 Å². The molecule has 0 bridgehead atoms. The number of fused-ring (bicyclic) bond motifs is 1. The lowest BCUT2D eigenvalue weighted by Gasteiger charge is -2.25. The monoisotopic (exact) mass is 195 g/mol. The number of hydrogen-bond acceptors (Lipinski definition) is 5. The minimum absolute atomic E-state index is 0.0358. The molecule has 0 saturated carbocycles. The fourth-order valence-corrected chi connectivity index (χ4v) is 1.17. The first-order valence-electron chi connectivity index (χ1n) is 4.01. The van der Waals surface area contributed by atoms with Crippen LogP contribution in [0.2, 0.25) is 0 Å². The van der Waals surface area contributed by atoms with Gasteiger partial charge in [0.05, 0.1) is 0 Å². The van der Waals surface area contributed by atoms with Gasteiger partial charge in [-0.1, -0.05) is 0 Å². The lowest BCUT2D eigenvalue weighted by molar-refractivity contribution is -0.122. The average Bonchev–Trinajstić information content (AvgIpc) is 2.43. The predicted molar refractivity (Wildman–Crippen MR) is 47.5 cm³/mol. The highest BCUT2D eigenvalue weighted by atomic mass is 16.2. The Hall–Kier alpha value is -1.92. The van der Waals surface area contributed by atoms with E-state index in [-0.39, 0.29) is 11.9 Å². The molecule has 0 unspecified atom stereocenters. The second-order valence-electron chi connectivity index (χ2n) is 3.59. The molecule has 1 aromatic heterocycles. The van der Waals surface area contributed by atoms with E-state index in [1.54, 1.807) is 0 Å². The highest BCUT2D eigenvalue weighted by Crippen LogP contribution is 2.26. The Kier molecular flexibility index (Phi) is 1.43. The first-order valence-corrected chi connectivity index (χ1v) is 4.01. The van der Waals surface area contributed by atoms with Crippen LogP contribution in [0.15, 0.2) is 0 Å². The van der Waals surface area contributed by atoms with Crippen molar-refractivity contribution in [2.24, 2.45) is 5.41 Å². The number of aromatic nitrogens is 3. The number of nitrogen functional groups attached to an aromatic ring is 1. The summed E-state index contributed by atoms with van der Waals surface area (Å²) in [7, 11) is 0. The van der Waals surface area contributed by atoms with Crippen LogP contribution in [0.4, 0.5) is 11.9 Å². The van der Waals surface area contributed by atoms with Gasteiger partial charge < -0.3 is 5.73 Å². The maximum Gasteiger partial charge on any atom is 0.265 e. The maximum absolute atomic E-state index is 11.7. The van der Waals surface area contributed by atoms with E-state index < -0.39 is 17.2 Å². The van der Waals surface area contributed by atoms with Crippen molar-refractivity contribution in [2.75, 3.05) is 11.1 Å². The van der Waals surface area contributed by atoms with Gasteiger partial charge >= 0.3 is 0 Å². The van der Waals surface area contributed by atoms with Crippen LogP contribution in [0.3, 0.4) is 0 Å². The Balaban J connectivity index is 2.60. The zero-order chi connectivity index (χ0) is 10.5. The second kappa shape index (κ2) is 2.31. The maximum atomic E-state index is 11.7. The van der Waals surface area contributed by atoms with Crippen LogP contribution in [0, 0.1) is 5.41 Å². The Labute approximate surface area is 79.3 Å². The third kappa shape index (κ3) is 0.918. The summed E-state index contributed by atoms with van der Waals surface area (Å²) in [5, 5.41) is 6.13. The fourth-order valence-electron chi connectivity index (χ4n) is 1.17. The van der Waals surface area contributed by atoms with Crippen molar-refractivity contribution in [2.45, 2.75) is 13.8 Å². The van der Waals surface area contributed by atoms with Gasteiger partial charge in [0.25, 0.3) is 5.91 Å². The van der Waals surface area contributed by atoms with Crippen LogP contribution in [-0.2, 0) is 4.79 Å². The molecule has 2 rings (SSSR count). The molecule has 0 aromatic carbocycles. The van der Waals surface area contributed by atoms with Gasteiger partial charge in [-0.15, -0.1) is 5.10 Å². The Morgan fingerprint density at radius 1 is 1.43 bits per heavy atom. The van der Waals surface area contributed by atoms with Crippen molar-refractivity contribution in [3.05, 3.63) is 0 Å². The molecule has 2 heterocycles. The summed E-state index contributed by atoms with van der Waals surface area (Å²) < 4.78 is 1.01. The Morgan fingerprint density at radius 2 is 2.07 bits per heavy atom. The number of rotatable bonds is 0. The summed E-state index contributed by atoms with van der Waals surface area (Å²) in [4.78, 5) is 26.8. The molecule has 1 amide bonds. The zero-order valence-electron chi connectivity index (χ0n) is 7.74. The van der Waals surface area contributed by atoms with Crippen LogP contribution < -0.4 is 11.1 Å². The van der Waals surface area contributed by atoms with Crippen molar-refractivity contribution in [3.63, 3.8) is 0 Å². The molecule has 0 radical (unpaired) electrons. The van der Waals surface area contributed by atoms with Gasteiger partial charge in [-0.05, 0) is 13.8 Å². The zero-order valence-corrected chi connectivity index (χ0v) is 7.74. The molecule has 74 valence electrons. The summed E-state index contributed by atoms with van der Waals surface area (Å²) in [5.41, 5.74) is 4.18. The molecule has 7 nitrogen and oxygen atoms in total. The molecule has 1 aliphatic heterocycles. The molecule has 3 N–H and O–H groups in total. The number of carbonyl (C=O) groups is 2. The molecular formula is C7H9N5O2. The van der Waals surface area contributed by atoms with Gasteiger partial charge in [0.15, 0.2) is 0 Å². The van der Waals surface area contributed by atoms with Crippen molar-refractivity contribution in [1.29, 1.82) is 0 Å². The summed E-state index contributed by atoms with van der Waals surface area (Å²) in [5.74, 6) is -0.786. The van der Waals surface area contributed by atoms with Gasteiger partial charge in [-0.2, -0.15) is 9.67 Å². The summed E-state index contributed by atoms with van der Waals surface area (Å²) >= 11 is 0. The van der Waals surface area contributed by atoms with E-state index >= 15 is 0 Å². The minimum atomic E-state index is -1.13. The molecule has 0 spiro atoms. The minimum Gasteiger partial charge on any atom is -0.366 e. The standard InChI is InChI=1S/C7H9N5O2/c1-7(2)3(13)9-6-10-5(8)11-12(6)4(7)14/h1-2H3,(H3,8,9,10,11,13). The smallest absolute Gasteiger partial charge is 0.265 e. The summed E-state index contributed by atoms with van der Waals surface area (Å²) in [6, 6.07) is 0.